The van der Waals surface area contributed by atoms with E-state index in [1.165, 1.54) is 61.0 Å². The zero-order valence-electron chi connectivity index (χ0n) is 36.2. The van der Waals surface area contributed by atoms with E-state index >= 15 is 0 Å². The van der Waals surface area contributed by atoms with Crippen molar-refractivity contribution >= 4 is 49.8 Å². The molecular weight excluding hydrogens is 799 g/mol. The normalized spacial score (nSPS) is 11.3. The minimum atomic E-state index is 0.893. The number of hydrogen-bond donors (Lipinski definition) is 0. The van der Waals surface area contributed by atoms with Crippen LogP contribution in [0, 0.1) is 0 Å². The van der Waals surface area contributed by atoms with Gasteiger partial charge in [-0.15, -0.1) is 0 Å². The maximum Gasteiger partial charge on any atom is 0.143 e. The SMILES string of the molecule is c1ccc(-c2ccc(-c3ccccc3-c3ccc(N(c4ccc(-c5cccc(-c6ccccc6)c5)cc4)c4ccc(-c5cccc6oc7c8ccccc8ccc7c56)cc4)cc3)cc2)cc1. The Balaban J connectivity index is 0.916. The standard InChI is InChI=1S/C64H43NO/c1-3-13-44(14-4-1)46-25-27-49(28-26-46)57-20-9-10-21-58(57)50-31-38-55(39-32-50)65(54-36-29-47(30-37-54)53-19-11-18-52(43-53)45-15-5-2-6-16-45)56-40-33-51(34-41-56)59-23-12-24-62-63(59)61-42-35-48-17-7-8-22-60(48)64(61)66-62/h1-43H. The zero-order valence-corrected chi connectivity index (χ0v) is 36.2. The highest BCUT2D eigenvalue weighted by atomic mass is 16.3. The molecule has 12 aromatic rings. The highest BCUT2D eigenvalue weighted by molar-refractivity contribution is 6.19. The van der Waals surface area contributed by atoms with Gasteiger partial charge in [0, 0.05) is 33.2 Å². The molecule has 0 radical (unpaired) electrons. The molecule has 2 heteroatoms. The Morgan fingerprint density at radius 2 is 0.667 bits per heavy atom. The fourth-order valence-corrected chi connectivity index (χ4v) is 9.59. The van der Waals surface area contributed by atoms with Crippen LogP contribution in [0.3, 0.4) is 0 Å². The van der Waals surface area contributed by atoms with Crippen molar-refractivity contribution < 1.29 is 4.42 Å². The van der Waals surface area contributed by atoms with Crippen molar-refractivity contribution in [2.24, 2.45) is 0 Å². The van der Waals surface area contributed by atoms with Gasteiger partial charge in [-0.1, -0.05) is 206 Å². The molecule has 0 saturated heterocycles. The molecule has 12 rings (SSSR count). The Kier molecular flexibility index (Phi) is 9.89. The molecule has 0 spiro atoms. The van der Waals surface area contributed by atoms with Crippen LogP contribution in [0.4, 0.5) is 17.1 Å². The van der Waals surface area contributed by atoms with Crippen LogP contribution < -0.4 is 4.90 Å². The number of rotatable bonds is 9. The quantitative estimate of drug-likeness (QED) is 0.144. The van der Waals surface area contributed by atoms with Crippen molar-refractivity contribution in [2.75, 3.05) is 4.90 Å². The second-order valence-electron chi connectivity index (χ2n) is 16.9. The number of anilines is 3. The van der Waals surface area contributed by atoms with E-state index in [1.54, 1.807) is 0 Å². The van der Waals surface area contributed by atoms with Crippen molar-refractivity contribution in [1.82, 2.24) is 0 Å². The molecular formula is C64H43NO. The third-order valence-electron chi connectivity index (χ3n) is 12.9. The second kappa shape index (κ2) is 16.8. The van der Waals surface area contributed by atoms with Crippen molar-refractivity contribution in [3.05, 3.63) is 261 Å². The maximum absolute atomic E-state index is 6.56. The lowest BCUT2D eigenvalue weighted by Gasteiger charge is -2.26. The molecule has 0 saturated carbocycles. The van der Waals surface area contributed by atoms with E-state index in [0.717, 1.165) is 55.5 Å². The smallest absolute Gasteiger partial charge is 0.143 e. The van der Waals surface area contributed by atoms with Crippen LogP contribution in [0.25, 0.3) is 99.5 Å². The summed E-state index contributed by atoms with van der Waals surface area (Å²) in [5.74, 6) is 0. The fraction of sp³-hybridized carbons (Fsp3) is 0. The van der Waals surface area contributed by atoms with Crippen LogP contribution in [0.5, 0.6) is 0 Å². The number of nitrogens with zero attached hydrogens (tertiary/aromatic N) is 1. The van der Waals surface area contributed by atoms with Gasteiger partial charge >= 0.3 is 0 Å². The van der Waals surface area contributed by atoms with Gasteiger partial charge < -0.3 is 9.32 Å². The Bertz CT molecular complexity index is 3650. The summed E-state index contributed by atoms with van der Waals surface area (Å²) in [5.41, 5.74) is 19.3. The molecule has 0 unspecified atom stereocenters. The van der Waals surface area contributed by atoms with Crippen molar-refractivity contribution in [3.63, 3.8) is 0 Å². The molecule has 66 heavy (non-hydrogen) atoms. The van der Waals surface area contributed by atoms with E-state index in [-0.39, 0.29) is 0 Å². The van der Waals surface area contributed by atoms with E-state index < -0.39 is 0 Å². The minimum absolute atomic E-state index is 0.893. The average molecular weight is 842 g/mol. The fourth-order valence-electron chi connectivity index (χ4n) is 9.59. The summed E-state index contributed by atoms with van der Waals surface area (Å²) in [6.45, 7) is 0. The van der Waals surface area contributed by atoms with E-state index in [2.05, 4.69) is 266 Å². The first-order valence-electron chi connectivity index (χ1n) is 22.6. The molecule has 0 aliphatic heterocycles. The van der Waals surface area contributed by atoms with Crippen LogP contribution in [0.1, 0.15) is 0 Å². The molecule has 0 fully saturated rings. The van der Waals surface area contributed by atoms with Crippen LogP contribution in [0.2, 0.25) is 0 Å². The molecule has 11 aromatic carbocycles. The van der Waals surface area contributed by atoms with E-state index in [9.17, 15) is 0 Å². The van der Waals surface area contributed by atoms with Crippen LogP contribution in [0.15, 0.2) is 265 Å². The molecule has 0 N–H and O–H groups in total. The summed E-state index contributed by atoms with van der Waals surface area (Å²) >= 11 is 0. The molecule has 0 amide bonds. The highest BCUT2D eigenvalue weighted by Gasteiger charge is 2.18. The largest absolute Gasteiger partial charge is 0.455 e. The summed E-state index contributed by atoms with van der Waals surface area (Å²) in [5, 5.41) is 4.57. The summed E-state index contributed by atoms with van der Waals surface area (Å²) in [7, 11) is 0. The molecule has 1 aromatic heterocycles. The lowest BCUT2D eigenvalue weighted by atomic mass is 9.93. The summed E-state index contributed by atoms with van der Waals surface area (Å²) in [6.07, 6.45) is 0. The molecule has 310 valence electrons. The number of furan rings is 1. The van der Waals surface area contributed by atoms with Gasteiger partial charge in [0.1, 0.15) is 11.2 Å². The molecule has 0 aliphatic rings. The summed E-state index contributed by atoms with van der Waals surface area (Å²) < 4.78 is 6.56. The predicted molar refractivity (Wildman–Crippen MR) is 279 cm³/mol. The summed E-state index contributed by atoms with van der Waals surface area (Å²) in [6, 6.07) is 93.7. The monoisotopic (exact) mass is 841 g/mol. The van der Waals surface area contributed by atoms with Gasteiger partial charge in [0.05, 0.1) is 0 Å². The third-order valence-corrected chi connectivity index (χ3v) is 12.9. The Morgan fingerprint density at radius 3 is 1.27 bits per heavy atom. The topological polar surface area (TPSA) is 16.4 Å². The van der Waals surface area contributed by atoms with Gasteiger partial charge in [-0.3, -0.25) is 0 Å². The highest BCUT2D eigenvalue weighted by Crippen LogP contribution is 2.43. The van der Waals surface area contributed by atoms with Gasteiger partial charge in [-0.05, 0) is 127 Å². The summed E-state index contributed by atoms with van der Waals surface area (Å²) in [4.78, 5) is 2.35. The van der Waals surface area contributed by atoms with E-state index in [0.29, 0.717) is 0 Å². The third kappa shape index (κ3) is 7.21. The first-order valence-corrected chi connectivity index (χ1v) is 22.6. The average Bonchev–Trinajstić information content (AvgIpc) is 3.80. The first-order chi connectivity index (χ1) is 32.7. The Morgan fingerprint density at radius 1 is 0.258 bits per heavy atom. The van der Waals surface area contributed by atoms with Gasteiger partial charge in [-0.25, -0.2) is 0 Å². The molecule has 1 heterocycles. The lowest BCUT2D eigenvalue weighted by molar-refractivity contribution is 0.673. The van der Waals surface area contributed by atoms with Crippen LogP contribution in [-0.2, 0) is 0 Å². The van der Waals surface area contributed by atoms with Crippen LogP contribution in [-0.4, -0.2) is 0 Å². The van der Waals surface area contributed by atoms with Crippen LogP contribution >= 0.6 is 0 Å². The van der Waals surface area contributed by atoms with Gasteiger partial charge in [0.15, 0.2) is 0 Å². The van der Waals surface area contributed by atoms with Crippen molar-refractivity contribution in [2.45, 2.75) is 0 Å². The van der Waals surface area contributed by atoms with E-state index in [1.807, 2.05) is 0 Å². The minimum Gasteiger partial charge on any atom is -0.455 e. The van der Waals surface area contributed by atoms with Gasteiger partial charge in [-0.2, -0.15) is 0 Å². The molecule has 0 atom stereocenters. The lowest BCUT2D eigenvalue weighted by Crippen LogP contribution is -2.09. The maximum atomic E-state index is 6.56. The number of benzene rings is 11. The van der Waals surface area contributed by atoms with Crippen molar-refractivity contribution in [3.8, 4) is 66.8 Å². The first kappa shape index (κ1) is 38.9. The number of hydrogen-bond acceptors (Lipinski definition) is 2. The molecule has 0 aliphatic carbocycles. The molecule has 0 bridgehead atoms. The second-order valence-corrected chi connectivity index (χ2v) is 16.9. The Labute approximate surface area is 384 Å². The number of fused-ring (bicyclic) bond motifs is 5. The van der Waals surface area contributed by atoms with E-state index in [4.69, 9.17) is 4.42 Å². The predicted octanol–water partition coefficient (Wildman–Crippen LogP) is 18.2. The van der Waals surface area contributed by atoms with Gasteiger partial charge in [0.25, 0.3) is 0 Å². The molecule has 2 nitrogen and oxygen atoms in total. The van der Waals surface area contributed by atoms with Gasteiger partial charge in [0.2, 0.25) is 0 Å². The van der Waals surface area contributed by atoms with Crippen molar-refractivity contribution in [1.29, 1.82) is 0 Å². The zero-order chi connectivity index (χ0) is 43.8. The Hall–Kier alpha value is -8.72.